The zero-order chi connectivity index (χ0) is 21.8. The van der Waals surface area contributed by atoms with Gasteiger partial charge in [0.15, 0.2) is 0 Å². The second-order valence-corrected chi connectivity index (χ2v) is 9.68. The molecule has 5 nitrogen and oxygen atoms in total. The smallest absolute Gasteiger partial charge is 0.257 e. The SMILES string of the molecule is Cc1nc(/C=C/C(=O)Nc2sc(-c3ccccc3)c(C)c2C(=O)N2CCCCC2)cs1. The Labute approximate surface area is 190 Å². The Morgan fingerprint density at radius 1 is 1.10 bits per heavy atom. The fourth-order valence-corrected chi connectivity index (χ4v) is 5.54. The van der Waals surface area contributed by atoms with E-state index in [2.05, 4.69) is 10.3 Å². The second-order valence-electron chi connectivity index (χ2n) is 7.59. The number of hydrogen-bond donors (Lipinski definition) is 1. The first kappa shape index (κ1) is 21.5. The van der Waals surface area contributed by atoms with E-state index in [0.717, 1.165) is 59.1 Å². The third-order valence-corrected chi connectivity index (χ3v) is 7.37. The normalized spacial score (nSPS) is 14.2. The van der Waals surface area contributed by atoms with Crippen LogP contribution in [0.25, 0.3) is 16.5 Å². The molecule has 1 fully saturated rings. The van der Waals surface area contributed by atoms with Crippen LogP contribution in [0.3, 0.4) is 0 Å². The summed E-state index contributed by atoms with van der Waals surface area (Å²) in [5.41, 5.74) is 3.33. The van der Waals surface area contributed by atoms with Crippen molar-refractivity contribution in [3.8, 4) is 10.4 Å². The summed E-state index contributed by atoms with van der Waals surface area (Å²) in [4.78, 5) is 33.3. The van der Waals surface area contributed by atoms with Gasteiger partial charge >= 0.3 is 0 Å². The van der Waals surface area contributed by atoms with Gasteiger partial charge in [-0.2, -0.15) is 0 Å². The highest BCUT2D eigenvalue weighted by Crippen LogP contribution is 2.40. The number of thiophene rings is 1. The Kier molecular flexibility index (Phi) is 6.63. The summed E-state index contributed by atoms with van der Waals surface area (Å²) in [6, 6.07) is 10.0. The molecule has 7 heteroatoms. The molecule has 160 valence electrons. The number of nitrogens with one attached hydrogen (secondary N) is 1. The lowest BCUT2D eigenvalue weighted by atomic mass is 10.0. The van der Waals surface area contributed by atoms with Crippen molar-refractivity contribution < 1.29 is 9.59 Å². The van der Waals surface area contributed by atoms with E-state index in [4.69, 9.17) is 0 Å². The van der Waals surface area contributed by atoms with Gasteiger partial charge in [-0.1, -0.05) is 30.3 Å². The molecule has 1 N–H and O–H groups in total. The molecule has 0 spiro atoms. The zero-order valence-electron chi connectivity index (χ0n) is 17.7. The van der Waals surface area contributed by atoms with Gasteiger partial charge in [0.1, 0.15) is 5.00 Å². The van der Waals surface area contributed by atoms with Crippen molar-refractivity contribution in [3.63, 3.8) is 0 Å². The monoisotopic (exact) mass is 451 g/mol. The van der Waals surface area contributed by atoms with Crippen LogP contribution in [0.5, 0.6) is 0 Å². The molecular formula is C24H25N3O2S2. The number of nitrogens with zero attached hydrogens (tertiary/aromatic N) is 2. The summed E-state index contributed by atoms with van der Waals surface area (Å²) >= 11 is 3.00. The number of carbonyl (C=O) groups excluding carboxylic acids is 2. The molecule has 2 aromatic heterocycles. The average Bonchev–Trinajstić information content (AvgIpc) is 3.35. The van der Waals surface area contributed by atoms with Crippen LogP contribution in [0.2, 0.25) is 0 Å². The summed E-state index contributed by atoms with van der Waals surface area (Å²) in [5.74, 6) is -0.260. The molecule has 1 saturated heterocycles. The van der Waals surface area contributed by atoms with E-state index in [9.17, 15) is 9.59 Å². The number of likely N-dealkylation sites (tertiary alicyclic amines) is 1. The molecule has 3 heterocycles. The first-order chi connectivity index (χ1) is 15.0. The van der Waals surface area contributed by atoms with Crippen LogP contribution in [0, 0.1) is 13.8 Å². The molecule has 31 heavy (non-hydrogen) atoms. The Morgan fingerprint density at radius 3 is 2.52 bits per heavy atom. The quantitative estimate of drug-likeness (QED) is 0.501. The zero-order valence-corrected chi connectivity index (χ0v) is 19.3. The third kappa shape index (κ3) is 4.94. The number of benzene rings is 1. The van der Waals surface area contributed by atoms with Crippen molar-refractivity contribution in [1.29, 1.82) is 0 Å². The Bertz CT molecular complexity index is 1110. The molecule has 0 saturated carbocycles. The number of anilines is 1. The molecule has 0 aliphatic carbocycles. The van der Waals surface area contributed by atoms with Gasteiger partial charge in [-0.25, -0.2) is 4.98 Å². The van der Waals surface area contributed by atoms with E-state index in [1.807, 2.05) is 54.5 Å². The van der Waals surface area contributed by atoms with Crippen molar-refractivity contribution in [2.75, 3.05) is 18.4 Å². The fraction of sp³-hybridized carbons (Fsp3) is 0.292. The van der Waals surface area contributed by atoms with Gasteiger partial charge < -0.3 is 10.2 Å². The maximum atomic E-state index is 13.4. The molecule has 0 atom stereocenters. The second kappa shape index (κ2) is 9.58. The Morgan fingerprint density at radius 2 is 1.84 bits per heavy atom. The van der Waals surface area contributed by atoms with Gasteiger partial charge in [-0.3, -0.25) is 9.59 Å². The minimum absolute atomic E-state index is 0.00466. The predicted octanol–water partition coefficient (Wildman–Crippen LogP) is 5.77. The van der Waals surface area contributed by atoms with Gasteiger partial charge in [0, 0.05) is 29.4 Å². The van der Waals surface area contributed by atoms with Crippen molar-refractivity contribution in [1.82, 2.24) is 9.88 Å². The van der Waals surface area contributed by atoms with Crippen molar-refractivity contribution >= 4 is 45.6 Å². The van der Waals surface area contributed by atoms with Gasteiger partial charge in [-0.05, 0) is 50.3 Å². The lowest BCUT2D eigenvalue weighted by molar-refractivity contribution is -0.111. The van der Waals surface area contributed by atoms with E-state index in [0.29, 0.717) is 10.6 Å². The van der Waals surface area contributed by atoms with Crippen LogP contribution in [0.4, 0.5) is 5.00 Å². The van der Waals surface area contributed by atoms with Crippen molar-refractivity contribution in [3.05, 3.63) is 63.6 Å². The summed E-state index contributed by atoms with van der Waals surface area (Å²) in [5, 5.41) is 6.43. The fourth-order valence-electron chi connectivity index (χ4n) is 3.75. The highest BCUT2D eigenvalue weighted by molar-refractivity contribution is 7.20. The summed E-state index contributed by atoms with van der Waals surface area (Å²) < 4.78 is 0. The number of aromatic nitrogens is 1. The summed E-state index contributed by atoms with van der Waals surface area (Å²) in [7, 11) is 0. The minimum Gasteiger partial charge on any atom is -0.339 e. The Hall–Kier alpha value is -2.77. The average molecular weight is 452 g/mol. The molecule has 3 aromatic rings. The van der Waals surface area contributed by atoms with E-state index in [1.165, 1.54) is 17.4 Å². The number of amides is 2. The van der Waals surface area contributed by atoms with Crippen LogP contribution in [0.15, 0.2) is 41.8 Å². The first-order valence-electron chi connectivity index (χ1n) is 10.4. The lowest BCUT2D eigenvalue weighted by Crippen LogP contribution is -2.36. The number of thiazole rings is 1. The molecule has 0 bridgehead atoms. The van der Waals surface area contributed by atoms with Gasteiger partial charge in [-0.15, -0.1) is 22.7 Å². The van der Waals surface area contributed by atoms with E-state index < -0.39 is 0 Å². The van der Waals surface area contributed by atoms with Crippen LogP contribution in [-0.2, 0) is 4.79 Å². The van der Waals surface area contributed by atoms with Crippen LogP contribution < -0.4 is 5.32 Å². The lowest BCUT2D eigenvalue weighted by Gasteiger charge is -2.27. The highest BCUT2D eigenvalue weighted by atomic mass is 32.1. The summed E-state index contributed by atoms with van der Waals surface area (Å²) in [6.45, 7) is 5.44. The van der Waals surface area contributed by atoms with E-state index in [1.54, 1.807) is 17.4 Å². The highest BCUT2D eigenvalue weighted by Gasteiger charge is 2.27. The standard InChI is InChI=1S/C24H25N3O2S2/c1-16-21(24(29)27-13-7-4-8-14-27)23(31-22(16)18-9-5-3-6-10-18)26-20(28)12-11-19-15-30-17(2)25-19/h3,5-6,9-12,15H,4,7-8,13-14H2,1-2H3,(H,26,28)/b12-11+. The molecule has 0 radical (unpaired) electrons. The largest absolute Gasteiger partial charge is 0.339 e. The van der Waals surface area contributed by atoms with Crippen LogP contribution >= 0.6 is 22.7 Å². The molecule has 2 amide bonds. The van der Waals surface area contributed by atoms with Crippen molar-refractivity contribution in [2.45, 2.75) is 33.1 Å². The Balaban J connectivity index is 1.65. The van der Waals surface area contributed by atoms with Crippen LogP contribution in [0.1, 0.15) is 45.9 Å². The number of carbonyl (C=O) groups is 2. The predicted molar refractivity (Wildman–Crippen MR) is 129 cm³/mol. The van der Waals surface area contributed by atoms with Crippen molar-refractivity contribution in [2.24, 2.45) is 0 Å². The first-order valence-corrected chi connectivity index (χ1v) is 12.1. The van der Waals surface area contributed by atoms with Gasteiger partial charge in [0.05, 0.1) is 16.3 Å². The number of hydrogen-bond acceptors (Lipinski definition) is 5. The maximum Gasteiger partial charge on any atom is 0.257 e. The van der Waals surface area contributed by atoms with Gasteiger partial charge in [0.2, 0.25) is 5.91 Å². The third-order valence-electron chi connectivity index (χ3n) is 5.32. The minimum atomic E-state index is -0.265. The molecule has 0 unspecified atom stereocenters. The number of aryl methyl sites for hydroxylation is 1. The van der Waals surface area contributed by atoms with E-state index >= 15 is 0 Å². The van der Waals surface area contributed by atoms with Gasteiger partial charge in [0.25, 0.3) is 5.91 Å². The summed E-state index contributed by atoms with van der Waals surface area (Å²) in [6.07, 6.45) is 6.38. The number of rotatable bonds is 5. The molecule has 1 aliphatic heterocycles. The van der Waals surface area contributed by atoms with E-state index in [-0.39, 0.29) is 11.8 Å². The molecule has 1 aliphatic rings. The molecule has 4 rings (SSSR count). The van der Waals surface area contributed by atoms with Crippen LogP contribution in [-0.4, -0.2) is 34.8 Å². The topological polar surface area (TPSA) is 62.3 Å². The number of piperidine rings is 1. The molecular weight excluding hydrogens is 426 g/mol. The molecule has 1 aromatic carbocycles. The maximum absolute atomic E-state index is 13.4.